The number of H-pyrrole nitrogens is 1. The summed E-state index contributed by atoms with van der Waals surface area (Å²) < 4.78 is 1.34. The van der Waals surface area contributed by atoms with Gasteiger partial charge in [0.05, 0.1) is 5.69 Å². The van der Waals surface area contributed by atoms with Crippen LogP contribution in [0.5, 0.6) is 0 Å². The maximum atomic E-state index is 12.4. The topological polar surface area (TPSA) is 85.2 Å². The van der Waals surface area contributed by atoms with Crippen molar-refractivity contribution in [3.05, 3.63) is 61.2 Å². The Kier molecular flexibility index (Phi) is 3.78. The number of imidazole rings is 1. The first-order chi connectivity index (χ1) is 10.8. The molecule has 0 amide bonds. The third kappa shape index (κ3) is 2.64. The molecule has 3 rings (SSSR count). The van der Waals surface area contributed by atoms with Crippen molar-refractivity contribution in [3.63, 3.8) is 0 Å². The maximum absolute atomic E-state index is 12.4. The monoisotopic (exact) mass is 295 g/mol. The van der Waals surface area contributed by atoms with Gasteiger partial charge in [0.2, 0.25) is 0 Å². The molecule has 1 N–H and O–H groups in total. The van der Waals surface area contributed by atoms with E-state index in [4.69, 9.17) is 4.84 Å². The van der Waals surface area contributed by atoms with Crippen LogP contribution in [-0.2, 0) is 4.84 Å². The largest absolute Gasteiger partial charge is 0.398 e. The molecule has 0 aliphatic rings. The Morgan fingerprint density at radius 1 is 1.23 bits per heavy atom. The highest BCUT2D eigenvalue weighted by Gasteiger charge is 2.19. The third-order valence-electron chi connectivity index (χ3n) is 3.08. The van der Waals surface area contributed by atoms with E-state index in [1.165, 1.54) is 24.2 Å². The van der Waals surface area contributed by atoms with Crippen LogP contribution in [0.4, 0.5) is 0 Å². The zero-order valence-electron chi connectivity index (χ0n) is 11.8. The first kappa shape index (κ1) is 13.7. The lowest BCUT2D eigenvalue weighted by atomic mass is 10.1. The van der Waals surface area contributed by atoms with Gasteiger partial charge < -0.3 is 9.82 Å². The molecule has 0 aliphatic carbocycles. The molecule has 0 saturated heterocycles. The van der Waals surface area contributed by atoms with Gasteiger partial charge in [-0.05, 0) is 29.3 Å². The molecule has 3 aromatic heterocycles. The SMILES string of the molecule is CON=C(C(=O)n1ccnc1)c1cc(-c2ccncc2)c[nH]1. The number of nitrogens with one attached hydrogen (secondary N) is 1. The van der Waals surface area contributed by atoms with E-state index < -0.39 is 0 Å². The fraction of sp³-hybridized carbons (Fsp3) is 0.0667. The minimum absolute atomic E-state index is 0.167. The third-order valence-corrected chi connectivity index (χ3v) is 3.08. The van der Waals surface area contributed by atoms with E-state index in [1.807, 2.05) is 18.2 Å². The summed E-state index contributed by atoms with van der Waals surface area (Å²) in [6, 6.07) is 5.61. The molecule has 0 atom stereocenters. The number of carbonyl (C=O) groups excluding carboxylic acids is 1. The van der Waals surface area contributed by atoms with Crippen molar-refractivity contribution < 1.29 is 9.63 Å². The molecule has 7 nitrogen and oxygen atoms in total. The second-order valence-electron chi connectivity index (χ2n) is 4.44. The number of oxime groups is 1. The standard InChI is InChI=1S/C15H13N5O2/c1-22-19-14(15(21)20-7-6-17-10-20)13-8-12(9-18-13)11-2-4-16-5-3-11/h2-10,18H,1H3. The average molecular weight is 295 g/mol. The summed E-state index contributed by atoms with van der Waals surface area (Å²) in [7, 11) is 1.40. The summed E-state index contributed by atoms with van der Waals surface area (Å²) in [6.45, 7) is 0. The van der Waals surface area contributed by atoms with E-state index >= 15 is 0 Å². The van der Waals surface area contributed by atoms with Crippen molar-refractivity contribution in [1.82, 2.24) is 19.5 Å². The Morgan fingerprint density at radius 2 is 2.05 bits per heavy atom. The highest BCUT2D eigenvalue weighted by molar-refractivity contribution is 6.45. The molecule has 7 heteroatoms. The molecule has 0 unspecified atom stereocenters. The van der Waals surface area contributed by atoms with Crippen LogP contribution < -0.4 is 0 Å². The molecule has 0 fully saturated rings. The summed E-state index contributed by atoms with van der Waals surface area (Å²) in [4.78, 5) is 28.1. The van der Waals surface area contributed by atoms with E-state index in [0.29, 0.717) is 5.69 Å². The molecular weight excluding hydrogens is 282 g/mol. The van der Waals surface area contributed by atoms with Crippen molar-refractivity contribution in [2.45, 2.75) is 0 Å². The summed E-state index contributed by atoms with van der Waals surface area (Å²) in [6.07, 6.45) is 9.72. The quantitative estimate of drug-likeness (QED) is 0.589. The predicted molar refractivity (Wildman–Crippen MR) is 80.4 cm³/mol. The van der Waals surface area contributed by atoms with Crippen molar-refractivity contribution in [2.24, 2.45) is 5.16 Å². The Hall–Kier alpha value is -3.22. The Morgan fingerprint density at radius 3 is 2.73 bits per heavy atom. The Labute approximate surface area is 126 Å². The van der Waals surface area contributed by atoms with Gasteiger partial charge in [0.25, 0.3) is 5.91 Å². The molecular formula is C15H13N5O2. The lowest BCUT2D eigenvalue weighted by Crippen LogP contribution is -2.22. The van der Waals surface area contributed by atoms with E-state index in [2.05, 4.69) is 20.1 Å². The van der Waals surface area contributed by atoms with E-state index in [0.717, 1.165) is 11.1 Å². The average Bonchev–Trinajstić information content (AvgIpc) is 3.24. The predicted octanol–water partition coefficient (Wildman–Crippen LogP) is 1.96. The minimum Gasteiger partial charge on any atom is -0.398 e. The molecule has 0 bridgehead atoms. The minimum atomic E-state index is -0.331. The lowest BCUT2D eigenvalue weighted by molar-refractivity contribution is 0.0982. The second-order valence-corrected chi connectivity index (χ2v) is 4.44. The first-order valence-corrected chi connectivity index (χ1v) is 6.52. The van der Waals surface area contributed by atoms with Crippen LogP contribution in [0.1, 0.15) is 10.5 Å². The summed E-state index contributed by atoms with van der Waals surface area (Å²) >= 11 is 0. The first-order valence-electron chi connectivity index (χ1n) is 6.52. The zero-order valence-corrected chi connectivity index (χ0v) is 11.8. The van der Waals surface area contributed by atoms with Crippen LogP contribution in [0, 0.1) is 0 Å². The number of rotatable bonds is 4. The summed E-state index contributed by atoms with van der Waals surface area (Å²) in [5, 5.41) is 3.83. The molecule has 22 heavy (non-hydrogen) atoms. The van der Waals surface area contributed by atoms with Gasteiger partial charge in [0.15, 0.2) is 5.71 Å². The van der Waals surface area contributed by atoms with Crippen LogP contribution in [-0.4, -0.2) is 38.2 Å². The van der Waals surface area contributed by atoms with Gasteiger partial charge >= 0.3 is 0 Å². The highest BCUT2D eigenvalue weighted by atomic mass is 16.6. The molecule has 0 aromatic carbocycles. The summed E-state index contributed by atoms with van der Waals surface area (Å²) in [5.74, 6) is -0.331. The van der Waals surface area contributed by atoms with Crippen LogP contribution in [0.15, 0.2) is 60.7 Å². The number of hydrogen-bond acceptors (Lipinski definition) is 5. The van der Waals surface area contributed by atoms with Gasteiger partial charge in [-0.3, -0.25) is 14.3 Å². The molecule has 3 aromatic rings. The van der Waals surface area contributed by atoms with Crippen LogP contribution >= 0.6 is 0 Å². The molecule has 3 heterocycles. The number of hydrogen-bond donors (Lipinski definition) is 1. The molecule has 110 valence electrons. The van der Waals surface area contributed by atoms with E-state index in [-0.39, 0.29) is 11.6 Å². The highest BCUT2D eigenvalue weighted by Crippen LogP contribution is 2.20. The smallest absolute Gasteiger partial charge is 0.287 e. The van der Waals surface area contributed by atoms with Gasteiger partial charge in [0.1, 0.15) is 13.4 Å². The fourth-order valence-corrected chi connectivity index (χ4v) is 2.04. The van der Waals surface area contributed by atoms with Crippen LogP contribution in [0.3, 0.4) is 0 Å². The number of aromatic amines is 1. The fourth-order valence-electron chi connectivity index (χ4n) is 2.04. The number of aromatic nitrogens is 4. The Bertz CT molecular complexity index is 790. The zero-order chi connectivity index (χ0) is 15.4. The number of carbonyl (C=O) groups is 1. The molecule has 0 saturated carbocycles. The van der Waals surface area contributed by atoms with Gasteiger partial charge in [-0.25, -0.2) is 4.98 Å². The maximum Gasteiger partial charge on any atom is 0.287 e. The van der Waals surface area contributed by atoms with Gasteiger partial charge in [-0.15, -0.1) is 0 Å². The van der Waals surface area contributed by atoms with Crippen molar-refractivity contribution in [1.29, 1.82) is 0 Å². The lowest BCUT2D eigenvalue weighted by Gasteiger charge is -2.03. The van der Waals surface area contributed by atoms with Crippen molar-refractivity contribution in [2.75, 3.05) is 7.11 Å². The molecule has 0 spiro atoms. The normalized spacial score (nSPS) is 11.4. The summed E-state index contributed by atoms with van der Waals surface area (Å²) in [5.41, 5.74) is 2.65. The van der Waals surface area contributed by atoms with E-state index in [9.17, 15) is 4.79 Å². The van der Waals surface area contributed by atoms with Crippen molar-refractivity contribution >= 4 is 11.6 Å². The Balaban J connectivity index is 1.95. The van der Waals surface area contributed by atoms with Gasteiger partial charge in [-0.2, -0.15) is 0 Å². The van der Waals surface area contributed by atoms with E-state index in [1.54, 1.807) is 24.8 Å². The number of pyridine rings is 1. The second kappa shape index (κ2) is 6.04. The number of nitrogens with zero attached hydrogens (tertiary/aromatic N) is 4. The van der Waals surface area contributed by atoms with Crippen molar-refractivity contribution in [3.8, 4) is 11.1 Å². The molecule has 0 aliphatic heterocycles. The van der Waals surface area contributed by atoms with Crippen LogP contribution in [0.25, 0.3) is 11.1 Å². The van der Waals surface area contributed by atoms with Gasteiger partial charge in [-0.1, -0.05) is 5.16 Å². The van der Waals surface area contributed by atoms with Crippen LogP contribution in [0.2, 0.25) is 0 Å². The molecule has 0 radical (unpaired) electrons. The van der Waals surface area contributed by atoms with Gasteiger partial charge in [0, 0.05) is 31.0 Å².